The van der Waals surface area contributed by atoms with Crippen molar-refractivity contribution < 1.29 is 23.5 Å². The van der Waals surface area contributed by atoms with E-state index in [9.17, 15) is 18.8 Å². The molecule has 2 aliphatic rings. The molecule has 2 aromatic rings. The summed E-state index contributed by atoms with van der Waals surface area (Å²) in [5, 5.41) is 5.79. The first kappa shape index (κ1) is 27.6. The lowest BCUT2D eigenvalue weighted by atomic mass is 9.74. The second kappa shape index (κ2) is 13.4. The number of hydrogen-bond donors (Lipinski definition) is 3. The molecule has 2 fully saturated rings. The predicted molar refractivity (Wildman–Crippen MR) is 142 cm³/mol. The summed E-state index contributed by atoms with van der Waals surface area (Å²) < 4.78 is 18.8. The monoisotopic (exact) mass is 523 g/mol. The van der Waals surface area contributed by atoms with Crippen LogP contribution in [0.4, 0.5) is 9.18 Å². The van der Waals surface area contributed by atoms with E-state index in [1.165, 1.54) is 37.1 Å². The Bertz CT molecular complexity index is 1080. The topological polar surface area (TPSA) is 111 Å². The van der Waals surface area contributed by atoms with Gasteiger partial charge in [0.1, 0.15) is 18.5 Å². The standard InChI is InChI=1S/C30H38FN3O4/c31-23-17-15-22(16-18-23)27(28(32)35)34-29(36)26-10-6-5-9-25(26)21-13-11-20(12-14-21)19-38-30(37)33-24-7-3-1-2-4-8-24/h11-18,24-27H,1-10,19H2,(H2,32,35)(H,33,37)(H,34,36). The van der Waals surface area contributed by atoms with Crippen LogP contribution in [0.5, 0.6) is 0 Å². The van der Waals surface area contributed by atoms with Crippen LogP contribution in [-0.4, -0.2) is 23.9 Å². The molecule has 0 aliphatic heterocycles. The van der Waals surface area contributed by atoms with Gasteiger partial charge < -0.3 is 21.1 Å². The van der Waals surface area contributed by atoms with Crippen LogP contribution >= 0.6 is 0 Å². The summed E-state index contributed by atoms with van der Waals surface area (Å²) in [7, 11) is 0. The Morgan fingerprint density at radius 1 is 0.868 bits per heavy atom. The third kappa shape index (κ3) is 7.55. The van der Waals surface area contributed by atoms with Crippen LogP contribution in [0, 0.1) is 11.7 Å². The fourth-order valence-corrected chi connectivity index (χ4v) is 5.71. The van der Waals surface area contributed by atoms with Gasteiger partial charge in [0, 0.05) is 12.0 Å². The fourth-order valence-electron chi connectivity index (χ4n) is 5.71. The summed E-state index contributed by atoms with van der Waals surface area (Å²) in [5.41, 5.74) is 7.94. The molecule has 0 bridgehead atoms. The summed E-state index contributed by atoms with van der Waals surface area (Å²) in [4.78, 5) is 37.7. The van der Waals surface area contributed by atoms with Crippen molar-refractivity contribution in [1.82, 2.24) is 10.6 Å². The molecule has 0 saturated heterocycles. The maximum absolute atomic E-state index is 13.3. The highest BCUT2D eigenvalue weighted by molar-refractivity contribution is 5.89. The van der Waals surface area contributed by atoms with E-state index in [1.807, 2.05) is 24.3 Å². The van der Waals surface area contributed by atoms with Gasteiger partial charge in [0.2, 0.25) is 11.8 Å². The van der Waals surface area contributed by atoms with Crippen LogP contribution in [0.3, 0.4) is 0 Å². The zero-order valence-electron chi connectivity index (χ0n) is 21.8. The first-order valence-corrected chi connectivity index (χ1v) is 13.8. The highest BCUT2D eigenvalue weighted by Gasteiger charge is 2.34. The zero-order valence-corrected chi connectivity index (χ0v) is 21.8. The lowest BCUT2D eigenvalue weighted by Gasteiger charge is -2.32. The lowest BCUT2D eigenvalue weighted by Crippen LogP contribution is -2.42. The SMILES string of the molecule is NC(=O)C(NC(=O)C1CCCCC1c1ccc(COC(=O)NC2CCCCCC2)cc1)c1ccc(F)cc1. The van der Waals surface area contributed by atoms with Gasteiger partial charge >= 0.3 is 6.09 Å². The van der Waals surface area contributed by atoms with Gasteiger partial charge in [-0.2, -0.15) is 0 Å². The Labute approximate surface area is 223 Å². The fraction of sp³-hybridized carbons (Fsp3) is 0.500. The summed E-state index contributed by atoms with van der Waals surface area (Å²) >= 11 is 0. The van der Waals surface area contributed by atoms with Crippen LogP contribution in [-0.2, 0) is 20.9 Å². The molecule has 4 N–H and O–H groups in total. The Morgan fingerprint density at radius 2 is 1.50 bits per heavy atom. The van der Waals surface area contributed by atoms with Gasteiger partial charge in [-0.15, -0.1) is 0 Å². The number of primary amides is 1. The van der Waals surface area contributed by atoms with Crippen LogP contribution in [0.2, 0.25) is 0 Å². The lowest BCUT2D eigenvalue weighted by molar-refractivity contribution is -0.131. The van der Waals surface area contributed by atoms with Crippen molar-refractivity contribution in [2.75, 3.05) is 0 Å². The van der Waals surface area contributed by atoms with E-state index < -0.39 is 17.8 Å². The molecule has 2 saturated carbocycles. The molecule has 0 aromatic heterocycles. The van der Waals surface area contributed by atoms with Crippen LogP contribution in [0.1, 0.15) is 92.9 Å². The molecule has 3 unspecified atom stereocenters. The molecule has 4 rings (SSSR count). The van der Waals surface area contributed by atoms with E-state index in [-0.39, 0.29) is 36.5 Å². The number of nitrogens with two attached hydrogens (primary N) is 1. The number of carbonyl (C=O) groups excluding carboxylic acids is 3. The first-order valence-electron chi connectivity index (χ1n) is 13.8. The van der Waals surface area contributed by atoms with Crippen molar-refractivity contribution in [3.8, 4) is 0 Å². The van der Waals surface area contributed by atoms with Crippen molar-refractivity contribution in [3.05, 3.63) is 71.0 Å². The molecule has 3 amide bonds. The van der Waals surface area contributed by atoms with Crippen LogP contribution in [0.25, 0.3) is 0 Å². The van der Waals surface area contributed by atoms with E-state index in [0.717, 1.165) is 56.1 Å². The van der Waals surface area contributed by atoms with E-state index in [0.29, 0.717) is 12.0 Å². The number of halogens is 1. The van der Waals surface area contributed by atoms with Gasteiger partial charge in [0.15, 0.2) is 0 Å². The third-order valence-electron chi connectivity index (χ3n) is 7.83. The highest BCUT2D eigenvalue weighted by atomic mass is 19.1. The van der Waals surface area contributed by atoms with Gasteiger partial charge in [-0.25, -0.2) is 9.18 Å². The van der Waals surface area contributed by atoms with Crippen molar-refractivity contribution in [2.24, 2.45) is 11.7 Å². The maximum atomic E-state index is 13.3. The van der Waals surface area contributed by atoms with Crippen LogP contribution in [0.15, 0.2) is 48.5 Å². The number of nitrogens with one attached hydrogen (secondary N) is 2. The van der Waals surface area contributed by atoms with E-state index >= 15 is 0 Å². The van der Waals surface area contributed by atoms with Gasteiger partial charge in [-0.1, -0.05) is 74.9 Å². The van der Waals surface area contributed by atoms with Gasteiger partial charge in [0.25, 0.3) is 0 Å². The molecule has 204 valence electrons. The van der Waals surface area contributed by atoms with E-state index in [4.69, 9.17) is 10.5 Å². The molecule has 3 atom stereocenters. The number of alkyl carbamates (subject to hydrolysis) is 1. The van der Waals surface area contributed by atoms with E-state index in [1.54, 1.807) is 0 Å². The molecule has 2 aromatic carbocycles. The predicted octanol–water partition coefficient (Wildman–Crippen LogP) is 5.39. The Morgan fingerprint density at radius 3 is 2.16 bits per heavy atom. The number of ether oxygens (including phenoxy) is 1. The van der Waals surface area contributed by atoms with Crippen molar-refractivity contribution in [2.45, 2.75) is 88.8 Å². The minimum atomic E-state index is -1.02. The Kier molecular flexibility index (Phi) is 9.73. The van der Waals surface area contributed by atoms with Gasteiger partial charge in [0.05, 0.1) is 0 Å². The average Bonchev–Trinajstić information content (AvgIpc) is 3.20. The molecule has 0 heterocycles. The molecule has 7 nitrogen and oxygen atoms in total. The summed E-state index contributed by atoms with van der Waals surface area (Å²) in [6, 6.07) is 12.4. The maximum Gasteiger partial charge on any atom is 0.407 e. The molecule has 0 radical (unpaired) electrons. The number of benzene rings is 2. The van der Waals surface area contributed by atoms with Crippen molar-refractivity contribution >= 4 is 17.9 Å². The summed E-state index contributed by atoms with van der Waals surface area (Å²) in [6.45, 7) is 0.186. The zero-order chi connectivity index (χ0) is 26.9. The average molecular weight is 524 g/mol. The number of carbonyl (C=O) groups is 3. The van der Waals surface area contributed by atoms with Crippen molar-refractivity contribution in [1.29, 1.82) is 0 Å². The molecule has 38 heavy (non-hydrogen) atoms. The first-order chi connectivity index (χ1) is 18.4. The smallest absolute Gasteiger partial charge is 0.407 e. The largest absolute Gasteiger partial charge is 0.445 e. The minimum Gasteiger partial charge on any atom is -0.445 e. The second-order valence-electron chi connectivity index (χ2n) is 10.5. The third-order valence-corrected chi connectivity index (χ3v) is 7.83. The van der Waals surface area contributed by atoms with Gasteiger partial charge in [-0.05, 0) is 60.4 Å². The number of amides is 3. The molecular weight excluding hydrogens is 485 g/mol. The normalized spacial score (nSPS) is 21.1. The highest BCUT2D eigenvalue weighted by Crippen LogP contribution is 2.38. The molecule has 2 aliphatic carbocycles. The molecule has 0 spiro atoms. The Balaban J connectivity index is 1.35. The van der Waals surface area contributed by atoms with Gasteiger partial charge in [-0.3, -0.25) is 9.59 Å². The quantitative estimate of drug-likeness (QED) is 0.403. The minimum absolute atomic E-state index is 0.000928. The van der Waals surface area contributed by atoms with Crippen LogP contribution < -0.4 is 16.4 Å². The number of hydrogen-bond acceptors (Lipinski definition) is 4. The Hall–Kier alpha value is -3.42. The molecule has 8 heteroatoms. The summed E-state index contributed by atoms with van der Waals surface area (Å²) in [6.07, 6.45) is 9.86. The van der Waals surface area contributed by atoms with E-state index in [2.05, 4.69) is 10.6 Å². The summed E-state index contributed by atoms with van der Waals surface area (Å²) in [5.74, 6) is -1.66. The number of rotatable bonds is 8. The second-order valence-corrected chi connectivity index (χ2v) is 10.5. The van der Waals surface area contributed by atoms with Crippen molar-refractivity contribution in [3.63, 3.8) is 0 Å². The molecular formula is C30H38FN3O4.